The lowest BCUT2D eigenvalue weighted by atomic mass is 10.3. The number of hydrogen-bond acceptors (Lipinski definition) is 6. The zero-order valence-electron chi connectivity index (χ0n) is 17.8. The fourth-order valence-corrected chi connectivity index (χ4v) is 5.53. The topological polar surface area (TPSA) is 86.0 Å². The lowest BCUT2D eigenvalue weighted by Crippen LogP contribution is -2.49. The number of ether oxygens (including phenoxy) is 2. The summed E-state index contributed by atoms with van der Waals surface area (Å²) in [6.45, 7) is 2.09. The molecule has 2 heterocycles. The molecule has 166 valence electrons. The number of aromatic nitrogens is 2. The van der Waals surface area contributed by atoms with Gasteiger partial charge < -0.3 is 9.47 Å². The van der Waals surface area contributed by atoms with Crippen molar-refractivity contribution in [1.82, 2.24) is 18.3 Å². The van der Waals surface area contributed by atoms with Crippen LogP contribution in [0.4, 0.5) is 0 Å². The van der Waals surface area contributed by atoms with E-state index in [0.29, 0.717) is 38.6 Å². The molecule has 4 rings (SSSR count). The van der Waals surface area contributed by atoms with Crippen LogP contribution in [0.3, 0.4) is 0 Å². The number of piperazine rings is 1. The van der Waals surface area contributed by atoms with Gasteiger partial charge in [-0.2, -0.15) is 4.31 Å². The van der Waals surface area contributed by atoms with E-state index in [9.17, 15) is 13.2 Å². The number of methoxy groups -OCH3 is 2. The monoisotopic (exact) mass is 446 g/mol. The molecule has 1 saturated heterocycles. The van der Waals surface area contributed by atoms with Crippen LogP contribution in [0.5, 0.6) is 11.5 Å². The van der Waals surface area contributed by atoms with Crippen molar-refractivity contribution < 1.29 is 17.9 Å². The van der Waals surface area contributed by atoms with Gasteiger partial charge in [-0.05, 0) is 24.3 Å². The molecule has 2 aromatic carbocycles. The smallest absolute Gasteiger partial charge is 0.329 e. The van der Waals surface area contributed by atoms with Gasteiger partial charge >= 0.3 is 5.69 Å². The number of para-hydroxylation sites is 2. The van der Waals surface area contributed by atoms with E-state index < -0.39 is 10.0 Å². The Morgan fingerprint density at radius 1 is 0.935 bits per heavy atom. The summed E-state index contributed by atoms with van der Waals surface area (Å²) >= 11 is 0. The molecule has 1 aliphatic heterocycles. The minimum absolute atomic E-state index is 0.0858. The molecule has 1 aromatic heterocycles. The number of hydrogen-bond donors (Lipinski definition) is 0. The Labute approximate surface area is 181 Å². The average Bonchev–Trinajstić information content (AvgIpc) is 3.04. The van der Waals surface area contributed by atoms with Crippen molar-refractivity contribution in [3.8, 4) is 11.5 Å². The molecule has 0 amide bonds. The van der Waals surface area contributed by atoms with Crippen LogP contribution in [0.25, 0.3) is 11.0 Å². The fraction of sp³-hybridized carbons (Fsp3) is 0.381. The third-order valence-electron chi connectivity index (χ3n) is 5.71. The molecule has 0 saturated carbocycles. The third kappa shape index (κ3) is 3.82. The van der Waals surface area contributed by atoms with Gasteiger partial charge in [-0.25, -0.2) is 13.2 Å². The van der Waals surface area contributed by atoms with Gasteiger partial charge in [-0.1, -0.05) is 12.1 Å². The normalized spacial score (nSPS) is 16.0. The summed E-state index contributed by atoms with van der Waals surface area (Å²) in [6, 6.07) is 12.4. The highest BCUT2D eigenvalue weighted by Gasteiger charge is 2.31. The molecule has 0 bridgehead atoms. The Bertz CT molecular complexity index is 1260. The first-order valence-corrected chi connectivity index (χ1v) is 11.4. The highest BCUT2D eigenvalue weighted by Crippen LogP contribution is 2.31. The van der Waals surface area contributed by atoms with Gasteiger partial charge in [0.15, 0.2) is 0 Å². The number of imidazole rings is 1. The Balaban J connectivity index is 1.52. The molecule has 1 fully saturated rings. The molecule has 9 nitrogen and oxygen atoms in total. The Morgan fingerprint density at radius 3 is 2.26 bits per heavy atom. The van der Waals surface area contributed by atoms with E-state index in [2.05, 4.69) is 4.90 Å². The lowest BCUT2D eigenvalue weighted by molar-refractivity contribution is 0.152. The Kier molecular flexibility index (Phi) is 5.78. The van der Waals surface area contributed by atoms with Gasteiger partial charge in [-0.15, -0.1) is 0 Å². The predicted octanol–water partition coefficient (Wildman–Crippen LogP) is 1.32. The molecule has 31 heavy (non-hydrogen) atoms. The highest BCUT2D eigenvalue weighted by atomic mass is 32.2. The van der Waals surface area contributed by atoms with Crippen molar-refractivity contribution in [2.24, 2.45) is 7.05 Å². The summed E-state index contributed by atoms with van der Waals surface area (Å²) in [4.78, 5) is 14.8. The molecule has 3 aromatic rings. The second kappa shape index (κ2) is 8.37. The van der Waals surface area contributed by atoms with Gasteiger partial charge in [0.05, 0.1) is 31.9 Å². The zero-order chi connectivity index (χ0) is 22.2. The van der Waals surface area contributed by atoms with Crippen LogP contribution in [0.1, 0.15) is 0 Å². The van der Waals surface area contributed by atoms with Crippen LogP contribution in [0, 0.1) is 0 Å². The van der Waals surface area contributed by atoms with Crippen molar-refractivity contribution >= 4 is 21.1 Å². The van der Waals surface area contributed by atoms with Crippen LogP contribution >= 0.6 is 0 Å². The quantitative estimate of drug-likeness (QED) is 0.568. The van der Waals surface area contributed by atoms with Crippen LogP contribution in [0.15, 0.2) is 52.2 Å². The van der Waals surface area contributed by atoms with Crippen LogP contribution in [-0.4, -0.2) is 67.2 Å². The molecular weight excluding hydrogens is 420 g/mol. The van der Waals surface area contributed by atoms with Crippen LogP contribution < -0.4 is 15.2 Å². The number of nitrogens with zero attached hydrogens (tertiary/aromatic N) is 4. The first kappa shape index (κ1) is 21.4. The number of sulfonamides is 1. The Hall–Kier alpha value is -2.82. The molecular formula is C21H26N4O5S. The number of rotatable bonds is 6. The summed E-state index contributed by atoms with van der Waals surface area (Å²) in [7, 11) is 0.951. The van der Waals surface area contributed by atoms with Crippen molar-refractivity contribution in [1.29, 1.82) is 0 Å². The highest BCUT2D eigenvalue weighted by molar-refractivity contribution is 7.89. The number of aryl methyl sites for hydroxylation is 1. The van der Waals surface area contributed by atoms with Gasteiger partial charge in [0.25, 0.3) is 0 Å². The fourth-order valence-electron chi connectivity index (χ4n) is 3.94. The number of benzene rings is 2. The molecule has 10 heteroatoms. The van der Waals surface area contributed by atoms with Crippen LogP contribution in [-0.2, 0) is 23.7 Å². The van der Waals surface area contributed by atoms with Crippen molar-refractivity contribution in [3.63, 3.8) is 0 Å². The molecule has 0 spiro atoms. The largest absolute Gasteiger partial charge is 0.497 e. The van der Waals surface area contributed by atoms with E-state index in [1.807, 2.05) is 24.3 Å². The minimum atomic E-state index is -3.74. The first-order valence-electron chi connectivity index (χ1n) is 9.95. The Morgan fingerprint density at radius 2 is 1.61 bits per heavy atom. The maximum atomic E-state index is 13.2. The summed E-state index contributed by atoms with van der Waals surface area (Å²) in [6.07, 6.45) is 0. The van der Waals surface area contributed by atoms with Gasteiger partial charge in [0.1, 0.15) is 16.4 Å². The summed E-state index contributed by atoms with van der Waals surface area (Å²) in [5.74, 6) is 0.735. The van der Waals surface area contributed by atoms with Crippen LogP contribution in [0.2, 0.25) is 0 Å². The van der Waals surface area contributed by atoms with E-state index in [4.69, 9.17) is 9.47 Å². The van der Waals surface area contributed by atoms with Gasteiger partial charge in [0.2, 0.25) is 10.0 Å². The minimum Gasteiger partial charge on any atom is -0.497 e. The van der Waals surface area contributed by atoms with Crippen molar-refractivity contribution in [2.45, 2.75) is 11.6 Å². The predicted molar refractivity (Wildman–Crippen MR) is 117 cm³/mol. The van der Waals surface area contributed by atoms with Gasteiger partial charge in [0, 0.05) is 39.3 Å². The first-order chi connectivity index (χ1) is 14.9. The second-order valence-corrected chi connectivity index (χ2v) is 9.35. The summed E-state index contributed by atoms with van der Waals surface area (Å²) < 4.78 is 41.8. The maximum absolute atomic E-state index is 13.2. The summed E-state index contributed by atoms with van der Waals surface area (Å²) in [5, 5.41) is 0. The van der Waals surface area contributed by atoms with Crippen molar-refractivity contribution in [3.05, 3.63) is 52.9 Å². The molecule has 0 unspecified atom stereocenters. The average molecular weight is 447 g/mol. The van der Waals surface area contributed by atoms with Crippen molar-refractivity contribution in [2.75, 3.05) is 40.4 Å². The second-order valence-electron chi connectivity index (χ2n) is 7.44. The zero-order valence-corrected chi connectivity index (χ0v) is 18.6. The van der Waals surface area contributed by atoms with E-state index in [1.54, 1.807) is 28.3 Å². The molecule has 0 radical (unpaired) electrons. The standard InChI is InChI=1S/C21H26N4O5S/c1-22-17-6-4-5-7-18(17)25(21(22)26)15-23-10-12-24(13-11-23)31(27,28)20-14-16(29-2)8-9-19(20)30-3/h4-9,14H,10-13,15H2,1-3H3. The molecule has 0 atom stereocenters. The lowest BCUT2D eigenvalue weighted by Gasteiger charge is -2.34. The third-order valence-corrected chi connectivity index (χ3v) is 7.63. The van der Waals surface area contributed by atoms with Gasteiger partial charge in [-0.3, -0.25) is 14.0 Å². The van der Waals surface area contributed by atoms with E-state index >= 15 is 0 Å². The SMILES string of the molecule is COc1ccc(OC)c(S(=O)(=O)N2CCN(Cn3c(=O)n(C)c4ccccc43)CC2)c1. The molecule has 0 aliphatic carbocycles. The molecule has 0 N–H and O–H groups in total. The number of fused-ring (bicyclic) bond motifs is 1. The van der Waals surface area contributed by atoms with E-state index in [1.165, 1.54) is 24.6 Å². The van der Waals surface area contributed by atoms with E-state index in [0.717, 1.165) is 11.0 Å². The molecule has 1 aliphatic rings. The maximum Gasteiger partial charge on any atom is 0.329 e. The summed E-state index contributed by atoms with van der Waals surface area (Å²) in [5.41, 5.74) is 1.65. The van der Waals surface area contributed by atoms with E-state index in [-0.39, 0.29) is 16.3 Å².